The van der Waals surface area contributed by atoms with Gasteiger partial charge in [0.15, 0.2) is 6.61 Å². The van der Waals surface area contributed by atoms with Gasteiger partial charge in [-0.15, -0.1) is 11.8 Å². The number of ketones is 1. The van der Waals surface area contributed by atoms with Gasteiger partial charge in [-0.05, 0) is 43.3 Å². The van der Waals surface area contributed by atoms with Crippen molar-refractivity contribution in [2.75, 3.05) is 24.8 Å². The van der Waals surface area contributed by atoms with E-state index in [0.29, 0.717) is 17.0 Å². The number of esters is 1. The van der Waals surface area contributed by atoms with Gasteiger partial charge in [-0.3, -0.25) is 14.4 Å². The number of para-hydroxylation sites is 1. The topological polar surface area (TPSA) is 81.7 Å². The van der Waals surface area contributed by atoms with Crippen molar-refractivity contribution in [3.63, 3.8) is 0 Å². The molecular weight excluding hydrogens is 385 g/mol. The summed E-state index contributed by atoms with van der Waals surface area (Å²) < 4.78 is 23.0. The van der Waals surface area contributed by atoms with Gasteiger partial charge in [0, 0.05) is 5.69 Å². The third-order valence-corrected chi connectivity index (χ3v) is 4.80. The lowest BCUT2D eigenvalue weighted by Crippen LogP contribution is -2.23. The average molecular weight is 405 g/mol. The number of benzene rings is 2. The molecule has 0 aliphatic rings. The highest BCUT2D eigenvalue weighted by atomic mass is 32.2. The fraction of sp³-hybridized carbons (Fsp3) is 0.250. The number of methoxy groups -OCH3 is 1. The molecule has 2 aromatic rings. The summed E-state index contributed by atoms with van der Waals surface area (Å²) in [6, 6.07) is 12.0. The van der Waals surface area contributed by atoms with Crippen LogP contribution >= 0.6 is 11.8 Å². The van der Waals surface area contributed by atoms with E-state index in [9.17, 15) is 18.8 Å². The van der Waals surface area contributed by atoms with Crippen LogP contribution in [0.25, 0.3) is 0 Å². The highest BCUT2D eigenvalue weighted by molar-refractivity contribution is 8.01. The van der Waals surface area contributed by atoms with Crippen molar-refractivity contribution in [3.8, 4) is 5.75 Å². The molecule has 6 nitrogen and oxygen atoms in total. The van der Waals surface area contributed by atoms with Gasteiger partial charge < -0.3 is 14.8 Å². The minimum absolute atomic E-state index is 0.00803. The number of amides is 1. The summed E-state index contributed by atoms with van der Waals surface area (Å²) in [4.78, 5) is 36.1. The molecule has 0 saturated carbocycles. The Bertz CT molecular complexity index is 841. The summed E-state index contributed by atoms with van der Waals surface area (Å²) in [5.74, 6) is -1.29. The molecule has 8 heteroatoms. The van der Waals surface area contributed by atoms with Crippen LogP contribution in [0.5, 0.6) is 5.75 Å². The van der Waals surface area contributed by atoms with Crippen LogP contribution < -0.4 is 10.1 Å². The Labute approximate surface area is 166 Å². The number of halogens is 1. The second kappa shape index (κ2) is 10.5. The monoisotopic (exact) mass is 405 g/mol. The molecule has 0 aromatic heterocycles. The van der Waals surface area contributed by atoms with Gasteiger partial charge >= 0.3 is 5.97 Å². The van der Waals surface area contributed by atoms with Crippen LogP contribution in [0.3, 0.4) is 0 Å². The molecule has 0 heterocycles. The minimum atomic E-state index is -0.635. The van der Waals surface area contributed by atoms with Crippen LogP contribution in [0.4, 0.5) is 10.1 Å². The summed E-state index contributed by atoms with van der Waals surface area (Å²) in [5, 5.41) is 1.97. The fourth-order valence-corrected chi connectivity index (χ4v) is 2.88. The van der Waals surface area contributed by atoms with Gasteiger partial charge in [-0.1, -0.05) is 12.1 Å². The Kier molecular flexibility index (Phi) is 8.01. The summed E-state index contributed by atoms with van der Waals surface area (Å²) in [6.07, 6.45) is 0. The van der Waals surface area contributed by atoms with E-state index < -0.39 is 23.6 Å². The van der Waals surface area contributed by atoms with Gasteiger partial charge in [0.25, 0.3) is 0 Å². The first-order valence-corrected chi connectivity index (χ1v) is 9.45. The normalized spacial score (nSPS) is 11.4. The van der Waals surface area contributed by atoms with Gasteiger partial charge in [-0.2, -0.15) is 0 Å². The van der Waals surface area contributed by atoms with Crippen molar-refractivity contribution in [3.05, 3.63) is 59.9 Å². The zero-order valence-corrected chi connectivity index (χ0v) is 16.3. The molecule has 2 rings (SSSR count). The van der Waals surface area contributed by atoms with Crippen molar-refractivity contribution < 1.29 is 28.2 Å². The number of carbonyl (C=O) groups excluding carboxylic acids is 3. The van der Waals surface area contributed by atoms with E-state index in [0.717, 1.165) is 11.8 Å². The summed E-state index contributed by atoms with van der Waals surface area (Å²) in [7, 11) is 1.45. The lowest BCUT2D eigenvalue weighted by molar-refractivity contribution is -0.141. The molecule has 0 spiro atoms. The predicted octanol–water partition coefficient (Wildman–Crippen LogP) is 3.32. The molecule has 0 radical (unpaired) electrons. The first-order chi connectivity index (χ1) is 13.4. The number of hydrogen-bond donors (Lipinski definition) is 1. The van der Waals surface area contributed by atoms with Crippen LogP contribution in [0.15, 0.2) is 48.5 Å². The van der Waals surface area contributed by atoms with Crippen molar-refractivity contribution in [1.82, 2.24) is 0 Å². The second-order valence-corrected chi connectivity index (χ2v) is 7.07. The lowest BCUT2D eigenvalue weighted by atomic mass is 10.1. The Balaban J connectivity index is 1.77. The summed E-state index contributed by atoms with van der Waals surface area (Å²) in [6.45, 7) is 1.18. The SMILES string of the molecule is COc1ccccc1C(=O)COC(=O)[C@@H](C)SCC(=O)Nc1ccc(F)cc1. The van der Waals surface area contributed by atoms with Crippen LogP contribution in [0, 0.1) is 5.82 Å². The van der Waals surface area contributed by atoms with Crippen LogP contribution in [-0.4, -0.2) is 42.4 Å². The molecule has 1 amide bonds. The summed E-state index contributed by atoms with van der Waals surface area (Å²) in [5.41, 5.74) is 0.793. The van der Waals surface area contributed by atoms with Gasteiger partial charge in [0.05, 0.1) is 18.4 Å². The Morgan fingerprint density at radius 1 is 1.11 bits per heavy atom. The molecule has 0 fully saturated rings. The summed E-state index contributed by atoms with van der Waals surface area (Å²) >= 11 is 1.07. The maximum absolute atomic E-state index is 12.8. The first-order valence-electron chi connectivity index (χ1n) is 8.40. The van der Waals surface area contributed by atoms with Crippen molar-refractivity contribution >= 4 is 35.1 Å². The van der Waals surface area contributed by atoms with E-state index in [4.69, 9.17) is 9.47 Å². The van der Waals surface area contributed by atoms with Crippen molar-refractivity contribution in [2.24, 2.45) is 0 Å². The van der Waals surface area contributed by atoms with E-state index in [1.807, 2.05) is 0 Å². The number of carbonyl (C=O) groups is 3. The molecule has 1 atom stereocenters. The molecule has 148 valence electrons. The predicted molar refractivity (Wildman–Crippen MR) is 105 cm³/mol. The Hall–Kier alpha value is -2.87. The third-order valence-electron chi connectivity index (χ3n) is 3.68. The molecule has 0 aliphatic heterocycles. The molecular formula is C20H20FNO5S. The maximum atomic E-state index is 12.8. The number of thioether (sulfide) groups is 1. The van der Waals surface area contributed by atoms with Crippen LogP contribution in [-0.2, 0) is 14.3 Å². The molecule has 0 unspecified atom stereocenters. The number of anilines is 1. The largest absolute Gasteiger partial charge is 0.496 e. The maximum Gasteiger partial charge on any atom is 0.319 e. The Morgan fingerprint density at radius 2 is 1.79 bits per heavy atom. The Morgan fingerprint density at radius 3 is 2.46 bits per heavy atom. The van der Waals surface area contributed by atoms with Gasteiger partial charge in [0.2, 0.25) is 11.7 Å². The number of ether oxygens (including phenoxy) is 2. The number of Topliss-reactive ketones (excluding diaryl/α,β-unsaturated/α-hetero) is 1. The zero-order valence-electron chi connectivity index (χ0n) is 15.4. The molecule has 1 N–H and O–H groups in total. The third kappa shape index (κ3) is 6.38. The number of hydrogen-bond acceptors (Lipinski definition) is 6. The number of nitrogens with one attached hydrogen (secondary N) is 1. The van der Waals surface area contributed by atoms with E-state index >= 15 is 0 Å². The van der Waals surface area contributed by atoms with E-state index in [1.54, 1.807) is 31.2 Å². The van der Waals surface area contributed by atoms with Gasteiger partial charge in [0.1, 0.15) is 16.8 Å². The number of rotatable bonds is 9. The average Bonchev–Trinajstić information content (AvgIpc) is 2.71. The first kappa shape index (κ1) is 21.4. The van der Waals surface area contributed by atoms with E-state index in [2.05, 4.69) is 5.32 Å². The van der Waals surface area contributed by atoms with Gasteiger partial charge in [-0.25, -0.2) is 4.39 Å². The highest BCUT2D eigenvalue weighted by Gasteiger charge is 2.19. The minimum Gasteiger partial charge on any atom is -0.496 e. The highest BCUT2D eigenvalue weighted by Crippen LogP contribution is 2.19. The molecule has 2 aromatic carbocycles. The van der Waals surface area contributed by atoms with Crippen molar-refractivity contribution in [1.29, 1.82) is 0 Å². The van der Waals surface area contributed by atoms with Crippen LogP contribution in [0.2, 0.25) is 0 Å². The smallest absolute Gasteiger partial charge is 0.319 e. The molecule has 0 saturated heterocycles. The molecule has 28 heavy (non-hydrogen) atoms. The zero-order chi connectivity index (χ0) is 20.5. The fourth-order valence-electron chi connectivity index (χ4n) is 2.21. The molecule has 0 bridgehead atoms. The van der Waals surface area contributed by atoms with Crippen molar-refractivity contribution in [2.45, 2.75) is 12.2 Å². The van der Waals surface area contributed by atoms with E-state index in [1.165, 1.54) is 31.4 Å². The van der Waals surface area contributed by atoms with E-state index in [-0.39, 0.29) is 17.4 Å². The second-order valence-electron chi connectivity index (χ2n) is 5.74. The quantitative estimate of drug-likeness (QED) is 0.509. The molecule has 0 aliphatic carbocycles. The van der Waals surface area contributed by atoms with Crippen LogP contribution in [0.1, 0.15) is 17.3 Å². The standard InChI is InChI=1S/C20H20FNO5S/c1-13(28-12-19(24)22-15-9-7-14(21)8-10-15)20(25)27-11-17(23)16-5-3-4-6-18(16)26-2/h3-10,13H,11-12H2,1-2H3,(H,22,24)/t13-/m1/s1. The lowest BCUT2D eigenvalue weighted by Gasteiger charge is -2.12.